The van der Waals surface area contributed by atoms with Crippen molar-refractivity contribution in [3.8, 4) is 0 Å². The van der Waals surface area contributed by atoms with Crippen LogP contribution >= 0.6 is 11.8 Å². The summed E-state index contributed by atoms with van der Waals surface area (Å²) in [4.78, 5) is 35.9. The van der Waals surface area contributed by atoms with Crippen molar-refractivity contribution in [2.45, 2.75) is 66.7 Å². The lowest BCUT2D eigenvalue weighted by molar-refractivity contribution is -0.396. The molecule has 1 amide bonds. The molecule has 42 heavy (non-hydrogen) atoms. The highest BCUT2D eigenvalue weighted by Gasteiger charge is 2.45. The van der Waals surface area contributed by atoms with Crippen molar-refractivity contribution in [2.75, 3.05) is 63.6 Å². The molecule has 0 bridgehead atoms. The summed E-state index contributed by atoms with van der Waals surface area (Å²) in [6.45, 7) is 4.09. The van der Waals surface area contributed by atoms with Crippen LogP contribution < -0.4 is 10.2 Å². The lowest BCUT2D eigenvalue weighted by Crippen LogP contribution is -2.59. The van der Waals surface area contributed by atoms with Gasteiger partial charge in [0.2, 0.25) is 11.9 Å². The van der Waals surface area contributed by atoms with Crippen LogP contribution in [0, 0.1) is 5.92 Å². The zero-order valence-corrected chi connectivity index (χ0v) is 25.2. The van der Waals surface area contributed by atoms with Crippen LogP contribution in [-0.4, -0.2) is 122 Å². The number of thioether (sulfide) groups is 1. The van der Waals surface area contributed by atoms with Crippen molar-refractivity contribution in [2.24, 2.45) is 5.92 Å². The first-order valence-corrected chi connectivity index (χ1v) is 15.9. The standard InChI is InChI=1S/C29H42N8O4S/c1-34(2)27(38)26-24(19-5-3-4-6-19)25-22(42-26)18-31-28(33-25)32-23-8-7-21(17-30-23)35-11-9-20(10-12-35)36-13-15-37(16-14-36)29(39,40)41/h7-8,17-20,24,26,39-41H,3-6,9-16H2,1-2H3,(H,30,31,32,33). The van der Waals surface area contributed by atoms with Gasteiger partial charge in [0.25, 0.3) is 0 Å². The molecule has 13 heteroatoms. The third-order valence-corrected chi connectivity index (χ3v) is 10.7. The molecule has 1 saturated carbocycles. The molecule has 2 aromatic rings. The summed E-state index contributed by atoms with van der Waals surface area (Å²) in [5, 5.41) is 31.4. The molecule has 1 aliphatic carbocycles. The average molecular weight is 599 g/mol. The molecule has 2 atom stereocenters. The van der Waals surface area contributed by atoms with Crippen molar-refractivity contribution < 1.29 is 20.1 Å². The number of rotatable bonds is 7. The highest BCUT2D eigenvalue weighted by atomic mass is 32.2. The van der Waals surface area contributed by atoms with E-state index in [0.717, 1.165) is 55.0 Å². The average Bonchev–Trinajstić information content (AvgIpc) is 3.65. The number of amides is 1. The van der Waals surface area contributed by atoms with Crippen LogP contribution in [0.2, 0.25) is 0 Å². The lowest BCUT2D eigenvalue weighted by atomic mass is 9.85. The minimum Gasteiger partial charge on any atom is -0.370 e. The van der Waals surface area contributed by atoms with Gasteiger partial charge in [-0.1, -0.05) is 12.8 Å². The quantitative estimate of drug-likeness (QED) is 0.344. The summed E-state index contributed by atoms with van der Waals surface area (Å²) in [6.07, 6.45) is 7.76. The Morgan fingerprint density at radius 3 is 2.31 bits per heavy atom. The van der Waals surface area contributed by atoms with E-state index in [1.807, 2.05) is 32.6 Å². The van der Waals surface area contributed by atoms with Crippen LogP contribution in [0.1, 0.15) is 50.1 Å². The molecule has 3 aliphatic heterocycles. The second-order valence-electron chi connectivity index (χ2n) is 12.2. The molecule has 4 N–H and O–H groups in total. The van der Waals surface area contributed by atoms with Crippen LogP contribution in [0.4, 0.5) is 17.5 Å². The van der Waals surface area contributed by atoms with Gasteiger partial charge in [-0.3, -0.25) is 9.69 Å². The van der Waals surface area contributed by atoms with E-state index in [2.05, 4.69) is 31.2 Å². The Labute approximate surface area is 251 Å². The molecule has 228 valence electrons. The number of nitrogens with one attached hydrogen (secondary N) is 1. The number of carbonyl (C=O) groups excluding carboxylic acids is 1. The third-order valence-electron chi connectivity index (χ3n) is 9.34. The summed E-state index contributed by atoms with van der Waals surface area (Å²) in [5.41, 5.74) is 2.07. The second kappa shape index (κ2) is 12.2. The maximum atomic E-state index is 13.1. The van der Waals surface area contributed by atoms with E-state index in [-0.39, 0.29) is 17.1 Å². The Morgan fingerprint density at radius 1 is 0.976 bits per heavy atom. The van der Waals surface area contributed by atoms with E-state index in [0.29, 0.717) is 49.9 Å². The van der Waals surface area contributed by atoms with Crippen LogP contribution in [-0.2, 0) is 4.79 Å². The van der Waals surface area contributed by atoms with Crippen LogP contribution in [0.3, 0.4) is 0 Å². The summed E-state index contributed by atoms with van der Waals surface area (Å²) >= 11 is 1.61. The van der Waals surface area contributed by atoms with Crippen LogP contribution in [0.15, 0.2) is 29.4 Å². The molecule has 0 radical (unpaired) electrons. The molecule has 5 heterocycles. The molecule has 2 saturated heterocycles. The van der Waals surface area contributed by atoms with Crippen LogP contribution in [0.5, 0.6) is 0 Å². The molecule has 0 aromatic carbocycles. The Hall–Kier alpha value is -2.55. The van der Waals surface area contributed by atoms with E-state index in [1.165, 1.54) is 17.7 Å². The maximum Gasteiger partial charge on any atom is 0.345 e. The minimum atomic E-state index is -2.73. The number of carbonyl (C=O) groups is 1. The van der Waals surface area contributed by atoms with Crippen LogP contribution in [0.25, 0.3) is 0 Å². The van der Waals surface area contributed by atoms with E-state index >= 15 is 0 Å². The Balaban J connectivity index is 1.06. The number of aromatic nitrogens is 3. The number of piperidine rings is 1. The smallest absolute Gasteiger partial charge is 0.345 e. The number of hydrogen-bond acceptors (Lipinski definition) is 12. The molecule has 6 rings (SSSR count). The van der Waals surface area contributed by atoms with Crippen molar-refractivity contribution in [1.82, 2.24) is 29.7 Å². The van der Waals surface area contributed by atoms with Crippen molar-refractivity contribution in [1.29, 1.82) is 0 Å². The number of piperazine rings is 1. The number of pyridine rings is 1. The monoisotopic (exact) mass is 598 g/mol. The van der Waals surface area contributed by atoms with Crippen molar-refractivity contribution in [3.63, 3.8) is 0 Å². The molecule has 4 aliphatic rings. The van der Waals surface area contributed by atoms with Gasteiger partial charge < -0.3 is 30.4 Å². The maximum absolute atomic E-state index is 13.1. The first kappa shape index (κ1) is 29.5. The zero-order valence-electron chi connectivity index (χ0n) is 24.4. The minimum absolute atomic E-state index is 0.112. The SMILES string of the molecule is CN(C)C(=O)C1Sc2cnc(Nc3ccc(N4CCC(N5CCN(C(O)(O)O)CC5)CC4)cn3)nc2C1C1CCCC1. The number of hydrogen-bond donors (Lipinski definition) is 4. The highest BCUT2D eigenvalue weighted by molar-refractivity contribution is 8.01. The first-order valence-electron chi connectivity index (χ1n) is 15.1. The normalized spacial score (nSPS) is 24.6. The number of nitrogens with zero attached hydrogens (tertiary/aromatic N) is 7. The predicted octanol–water partition coefficient (Wildman–Crippen LogP) is 1.63. The van der Waals surface area contributed by atoms with Gasteiger partial charge in [-0.2, -0.15) is 0 Å². The van der Waals surface area contributed by atoms with Gasteiger partial charge in [-0.15, -0.1) is 11.8 Å². The molecule has 2 aromatic heterocycles. The van der Waals surface area contributed by atoms with Gasteiger partial charge in [0.1, 0.15) is 5.82 Å². The van der Waals surface area contributed by atoms with E-state index in [9.17, 15) is 20.1 Å². The summed E-state index contributed by atoms with van der Waals surface area (Å²) in [6, 6.07) is 4.48. The first-order chi connectivity index (χ1) is 20.2. The molecular weight excluding hydrogens is 556 g/mol. The van der Waals surface area contributed by atoms with E-state index < -0.39 is 6.10 Å². The van der Waals surface area contributed by atoms with Crippen molar-refractivity contribution in [3.05, 3.63) is 30.2 Å². The predicted molar refractivity (Wildman–Crippen MR) is 160 cm³/mol. The summed E-state index contributed by atoms with van der Waals surface area (Å²) in [5.74, 6) is 1.93. The third kappa shape index (κ3) is 6.22. The molecule has 0 spiro atoms. The second-order valence-corrected chi connectivity index (χ2v) is 13.3. The number of aliphatic hydroxyl groups is 3. The lowest BCUT2D eigenvalue weighted by Gasteiger charge is -2.44. The Morgan fingerprint density at radius 2 is 1.69 bits per heavy atom. The zero-order chi connectivity index (χ0) is 29.4. The largest absolute Gasteiger partial charge is 0.370 e. The fraction of sp³-hybridized carbons (Fsp3) is 0.655. The van der Waals surface area contributed by atoms with Gasteiger partial charge in [0, 0.05) is 76.4 Å². The van der Waals surface area contributed by atoms with Gasteiger partial charge >= 0.3 is 6.10 Å². The van der Waals surface area contributed by atoms with Gasteiger partial charge in [-0.05, 0) is 43.7 Å². The van der Waals surface area contributed by atoms with Crippen molar-refractivity contribution >= 4 is 35.1 Å². The molecule has 3 fully saturated rings. The van der Waals surface area contributed by atoms with E-state index in [4.69, 9.17) is 4.98 Å². The van der Waals surface area contributed by atoms with Gasteiger partial charge in [-0.25, -0.2) is 19.9 Å². The van der Waals surface area contributed by atoms with E-state index in [1.54, 1.807) is 16.7 Å². The molecule has 12 nitrogen and oxygen atoms in total. The fourth-order valence-electron chi connectivity index (χ4n) is 7.01. The molecular formula is C29H42N8O4S. The fourth-order valence-corrected chi connectivity index (χ4v) is 8.51. The number of fused-ring (bicyclic) bond motifs is 1. The van der Waals surface area contributed by atoms with Gasteiger partial charge in [0.05, 0.1) is 22.8 Å². The van der Waals surface area contributed by atoms with Gasteiger partial charge in [0.15, 0.2) is 0 Å². The Kier molecular flexibility index (Phi) is 8.58. The summed E-state index contributed by atoms with van der Waals surface area (Å²) < 4.78 is 0. The summed E-state index contributed by atoms with van der Waals surface area (Å²) in [7, 11) is 3.65. The topological polar surface area (TPSA) is 141 Å². The Bertz CT molecular complexity index is 1240. The highest BCUT2D eigenvalue weighted by Crippen LogP contribution is 2.52. The number of anilines is 3. The molecule has 2 unspecified atom stereocenters.